The van der Waals surface area contributed by atoms with Gasteiger partial charge in [0.1, 0.15) is 11.5 Å². The van der Waals surface area contributed by atoms with Gasteiger partial charge < -0.3 is 14.6 Å². The molecule has 4 aromatic rings. The van der Waals surface area contributed by atoms with Gasteiger partial charge in [0.15, 0.2) is 6.61 Å². The zero-order chi connectivity index (χ0) is 26.2. The number of aliphatic carboxylic acids is 1. The Morgan fingerprint density at radius 1 is 0.892 bits per heavy atom. The van der Waals surface area contributed by atoms with E-state index in [1.807, 2.05) is 37.3 Å². The van der Waals surface area contributed by atoms with Crippen molar-refractivity contribution in [3.05, 3.63) is 118 Å². The fourth-order valence-electron chi connectivity index (χ4n) is 3.89. The third-order valence-corrected chi connectivity index (χ3v) is 7.26. The van der Waals surface area contributed by atoms with Crippen LogP contribution in [-0.2, 0) is 4.79 Å². The standard InChI is InChI=1S/C31H27BrO4S/c1-21-19-28(15-16-30(21)36-20-31(33)34)37-18-17-29(25-7-11-26(32)12-8-25)24-5-3-22(4-6-24)23-9-13-27(35-2)14-10-23/h3-17,19H,18,20H2,1-2H3,(H,33,34)/b29-17-. The molecule has 0 amide bonds. The number of halogens is 1. The normalized spacial score (nSPS) is 11.3. The van der Waals surface area contributed by atoms with E-state index in [2.05, 4.69) is 82.7 Å². The molecule has 4 nitrogen and oxygen atoms in total. The minimum atomic E-state index is -0.986. The zero-order valence-electron chi connectivity index (χ0n) is 20.6. The van der Waals surface area contributed by atoms with Crippen molar-refractivity contribution in [1.82, 2.24) is 0 Å². The molecule has 0 fully saturated rings. The van der Waals surface area contributed by atoms with Crippen LogP contribution in [0.4, 0.5) is 0 Å². The summed E-state index contributed by atoms with van der Waals surface area (Å²) in [6.45, 7) is 1.58. The highest BCUT2D eigenvalue weighted by atomic mass is 79.9. The molecule has 4 rings (SSSR count). The number of thioether (sulfide) groups is 1. The van der Waals surface area contributed by atoms with E-state index in [1.54, 1.807) is 18.9 Å². The number of carboxylic acid groups (broad SMARTS) is 1. The number of benzene rings is 4. The van der Waals surface area contributed by atoms with Gasteiger partial charge in [-0.25, -0.2) is 4.79 Å². The molecule has 0 saturated carbocycles. The fourth-order valence-corrected chi connectivity index (χ4v) is 5.02. The van der Waals surface area contributed by atoms with Crippen LogP contribution in [0.3, 0.4) is 0 Å². The Hall–Kier alpha value is -3.48. The van der Waals surface area contributed by atoms with Crippen LogP contribution >= 0.6 is 27.7 Å². The van der Waals surface area contributed by atoms with Crippen LogP contribution in [0.5, 0.6) is 11.5 Å². The van der Waals surface area contributed by atoms with Crippen LogP contribution in [0, 0.1) is 6.92 Å². The highest BCUT2D eigenvalue weighted by Crippen LogP contribution is 2.31. The van der Waals surface area contributed by atoms with E-state index >= 15 is 0 Å². The van der Waals surface area contributed by atoms with Crippen molar-refractivity contribution in [1.29, 1.82) is 0 Å². The Kier molecular flexibility index (Phi) is 9.09. The average molecular weight is 576 g/mol. The number of methoxy groups -OCH3 is 1. The van der Waals surface area contributed by atoms with Crippen molar-refractivity contribution in [3.8, 4) is 22.6 Å². The van der Waals surface area contributed by atoms with E-state index in [-0.39, 0.29) is 6.61 Å². The summed E-state index contributed by atoms with van der Waals surface area (Å²) < 4.78 is 11.7. The summed E-state index contributed by atoms with van der Waals surface area (Å²) in [6.07, 6.45) is 2.25. The topological polar surface area (TPSA) is 55.8 Å². The minimum Gasteiger partial charge on any atom is -0.497 e. The fraction of sp³-hybridized carbons (Fsp3) is 0.129. The number of carbonyl (C=O) groups is 1. The van der Waals surface area contributed by atoms with E-state index in [9.17, 15) is 4.79 Å². The largest absolute Gasteiger partial charge is 0.497 e. The molecule has 1 N–H and O–H groups in total. The van der Waals surface area contributed by atoms with E-state index < -0.39 is 5.97 Å². The molecule has 37 heavy (non-hydrogen) atoms. The van der Waals surface area contributed by atoms with Gasteiger partial charge in [0.2, 0.25) is 0 Å². The molecule has 0 aromatic heterocycles. The maximum atomic E-state index is 10.8. The van der Waals surface area contributed by atoms with Crippen LogP contribution in [0.2, 0.25) is 0 Å². The third kappa shape index (κ3) is 7.28. The molecule has 0 atom stereocenters. The number of hydrogen-bond acceptors (Lipinski definition) is 4. The Labute approximate surface area is 230 Å². The molecule has 0 unspecified atom stereocenters. The third-order valence-electron chi connectivity index (χ3n) is 5.81. The Bertz CT molecular complexity index is 1380. The highest BCUT2D eigenvalue weighted by Gasteiger charge is 2.08. The van der Waals surface area contributed by atoms with Gasteiger partial charge in [-0.05, 0) is 82.8 Å². The second-order valence-corrected chi connectivity index (χ2v) is 10.4. The predicted molar refractivity (Wildman–Crippen MR) is 155 cm³/mol. The molecule has 0 saturated heterocycles. The van der Waals surface area contributed by atoms with E-state index in [4.69, 9.17) is 14.6 Å². The number of rotatable bonds is 10. The van der Waals surface area contributed by atoms with Gasteiger partial charge in [-0.3, -0.25) is 0 Å². The summed E-state index contributed by atoms with van der Waals surface area (Å²) in [5.41, 5.74) is 6.67. The van der Waals surface area contributed by atoms with Gasteiger partial charge in [-0.1, -0.05) is 70.5 Å². The molecular weight excluding hydrogens is 548 g/mol. The number of carboxylic acids is 1. The van der Waals surface area contributed by atoms with Crippen molar-refractivity contribution >= 4 is 39.2 Å². The lowest BCUT2D eigenvalue weighted by molar-refractivity contribution is -0.139. The van der Waals surface area contributed by atoms with Crippen molar-refractivity contribution in [2.24, 2.45) is 0 Å². The molecule has 0 bridgehead atoms. The molecule has 0 aliphatic rings. The number of hydrogen-bond donors (Lipinski definition) is 1. The summed E-state index contributed by atoms with van der Waals surface area (Å²) in [7, 11) is 1.67. The SMILES string of the molecule is COc1ccc(-c2ccc(/C(=C/CSc3ccc(OCC(=O)O)c(C)c3)c3ccc(Br)cc3)cc2)cc1. The van der Waals surface area contributed by atoms with Crippen LogP contribution in [0.25, 0.3) is 16.7 Å². The van der Waals surface area contributed by atoms with Crippen LogP contribution in [0.15, 0.2) is 106 Å². The minimum absolute atomic E-state index is 0.343. The first-order valence-electron chi connectivity index (χ1n) is 11.7. The average Bonchev–Trinajstić information content (AvgIpc) is 2.91. The summed E-state index contributed by atoms with van der Waals surface area (Å²) in [5, 5.41) is 8.84. The monoisotopic (exact) mass is 574 g/mol. The number of ether oxygens (including phenoxy) is 2. The van der Waals surface area contributed by atoms with E-state index in [0.717, 1.165) is 48.7 Å². The first-order chi connectivity index (χ1) is 17.9. The van der Waals surface area contributed by atoms with E-state index in [1.165, 1.54) is 5.57 Å². The summed E-state index contributed by atoms with van der Waals surface area (Å²) in [5.74, 6) is 1.23. The zero-order valence-corrected chi connectivity index (χ0v) is 23.0. The van der Waals surface area contributed by atoms with Gasteiger partial charge in [-0.2, -0.15) is 0 Å². The van der Waals surface area contributed by atoms with Gasteiger partial charge in [0, 0.05) is 15.1 Å². The van der Waals surface area contributed by atoms with Gasteiger partial charge in [-0.15, -0.1) is 11.8 Å². The Morgan fingerprint density at radius 2 is 1.49 bits per heavy atom. The Balaban J connectivity index is 1.54. The van der Waals surface area contributed by atoms with Crippen molar-refractivity contribution in [2.75, 3.05) is 19.5 Å². The van der Waals surface area contributed by atoms with Crippen molar-refractivity contribution in [3.63, 3.8) is 0 Å². The second kappa shape index (κ2) is 12.7. The first-order valence-corrected chi connectivity index (χ1v) is 13.5. The molecule has 0 aliphatic carbocycles. The maximum absolute atomic E-state index is 10.8. The van der Waals surface area contributed by atoms with Crippen LogP contribution in [-0.4, -0.2) is 30.5 Å². The molecule has 188 valence electrons. The van der Waals surface area contributed by atoms with Crippen molar-refractivity contribution in [2.45, 2.75) is 11.8 Å². The Morgan fingerprint density at radius 3 is 2.05 bits per heavy atom. The maximum Gasteiger partial charge on any atom is 0.341 e. The molecule has 4 aromatic carbocycles. The number of aryl methyl sites for hydroxylation is 1. The summed E-state index contributed by atoms with van der Waals surface area (Å²) in [6, 6.07) is 30.9. The van der Waals surface area contributed by atoms with Crippen LogP contribution < -0.4 is 9.47 Å². The van der Waals surface area contributed by atoms with Gasteiger partial charge >= 0.3 is 5.97 Å². The van der Waals surface area contributed by atoms with Gasteiger partial charge in [0.25, 0.3) is 0 Å². The predicted octanol–water partition coefficient (Wildman–Crippen LogP) is 8.12. The second-order valence-electron chi connectivity index (χ2n) is 8.35. The van der Waals surface area contributed by atoms with E-state index in [0.29, 0.717) is 5.75 Å². The highest BCUT2D eigenvalue weighted by molar-refractivity contribution is 9.10. The van der Waals surface area contributed by atoms with Gasteiger partial charge in [0.05, 0.1) is 7.11 Å². The van der Waals surface area contributed by atoms with Crippen molar-refractivity contribution < 1.29 is 19.4 Å². The quantitative estimate of drug-likeness (QED) is 0.194. The smallest absolute Gasteiger partial charge is 0.341 e. The summed E-state index contributed by atoms with van der Waals surface area (Å²) >= 11 is 5.26. The molecular formula is C31H27BrO4S. The summed E-state index contributed by atoms with van der Waals surface area (Å²) in [4.78, 5) is 11.9. The molecule has 0 heterocycles. The lowest BCUT2D eigenvalue weighted by Crippen LogP contribution is -2.09. The molecule has 0 radical (unpaired) electrons. The molecule has 0 spiro atoms. The lowest BCUT2D eigenvalue weighted by atomic mass is 9.95. The first kappa shape index (κ1) is 26.6. The molecule has 6 heteroatoms. The lowest BCUT2D eigenvalue weighted by Gasteiger charge is -2.12. The van der Waals surface area contributed by atoms with Crippen LogP contribution in [0.1, 0.15) is 16.7 Å². The molecule has 0 aliphatic heterocycles.